The average Bonchev–Trinajstić information content (AvgIpc) is 3.08. The molecule has 1 unspecified atom stereocenters. The van der Waals surface area contributed by atoms with Crippen molar-refractivity contribution in [1.82, 2.24) is 4.90 Å². The van der Waals surface area contributed by atoms with E-state index < -0.39 is 0 Å². The Labute approximate surface area is 188 Å². The molecule has 2 heterocycles. The second-order valence-electron chi connectivity index (χ2n) is 8.13. The van der Waals surface area contributed by atoms with E-state index in [1.54, 1.807) is 44.6 Å². The monoisotopic (exact) mass is 436 g/mol. The SMILES string of the molecule is COc1ccc(C2=C(N3CCCC(C)C3)C(=O)N(c3ccc(OC)c(OC)c3)C2=O)cc1. The van der Waals surface area contributed by atoms with Gasteiger partial charge in [-0.1, -0.05) is 19.1 Å². The molecule has 2 aromatic rings. The quantitative estimate of drug-likeness (QED) is 0.643. The van der Waals surface area contributed by atoms with Gasteiger partial charge in [-0.2, -0.15) is 0 Å². The number of anilines is 1. The van der Waals surface area contributed by atoms with Crippen molar-refractivity contribution in [3.05, 3.63) is 53.7 Å². The number of benzene rings is 2. The Morgan fingerprint density at radius 1 is 0.875 bits per heavy atom. The van der Waals surface area contributed by atoms with Gasteiger partial charge in [0.15, 0.2) is 11.5 Å². The van der Waals surface area contributed by atoms with Crippen LogP contribution in [0, 0.1) is 5.92 Å². The molecule has 4 rings (SSSR count). The van der Waals surface area contributed by atoms with Gasteiger partial charge in [-0.05, 0) is 48.6 Å². The van der Waals surface area contributed by atoms with E-state index in [9.17, 15) is 9.59 Å². The molecule has 2 aliphatic rings. The summed E-state index contributed by atoms with van der Waals surface area (Å²) in [7, 11) is 4.66. The van der Waals surface area contributed by atoms with Crippen LogP contribution in [0.2, 0.25) is 0 Å². The van der Waals surface area contributed by atoms with E-state index in [0.717, 1.165) is 25.9 Å². The number of nitrogens with zero attached hydrogens (tertiary/aromatic N) is 2. The van der Waals surface area contributed by atoms with Crippen LogP contribution >= 0.6 is 0 Å². The molecule has 0 N–H and O–H groups in total. The van der Waals surface area contributed by atoms with Crippen molar-refractivity contribution < 1.29 is 23.8 Å². The van der Waals surface area contributed by atoms with Gasteiger partial charge in [0.25, 0.3) is 11.8 Å². The van der Waals surface area contributed by atoms with E-state index in [1.165, 1.54) is 12.0 Å². The summed E-state index contributed by atoms with van der Waals surface area (Å²) in [5.41, 5.74) is 2.02. The minimum Gasteiger partial charge on any atom is -0.497 e. The molecule has 7 heteroatoms. The van der Waals surface area contributed by atoms with Gasteiger partial charge >= 0.3 is 0 Å². The standard InChI is InChI=1S/C25H28N2O5/c1-16-6-5-13-26(15-16)23-22(17-7-10-19(30-2)11-8-17)24(28)27(25(23)29)18-9-12-20(31-3)21(14-18)32-4/h7-12,14,16H,5-6,13,15H2,1-4H3. The number of likely N-dealkylation sites (tertiary alicyclic amines) is 1. The van der Waals surface area contributed by atoms with Crippen LogP contribution in [0.4, 0.5) is 5.69 Å². The molecule has 1 saturated heterocycles. The number of rotatable bonds is 6. The van der Waals surface area contributed by atoms with E-state index in [-0.39, 0.29) is 11.8 Å². The highest BCUT2D eigenvalue weighted by molar-refractivity contribution is 6.45. The van der Waals surface area contributed by atoms with Gasteiger partial charge < -0.3 is 19.1 Å². The van der Waals surface area contributed by atoms with Gasteiger partial charge in [-0.3, -0.25) is 9.59 Å². The van der Waals surface area contributed by atoms with Gasteiger partial charge in [0.2, 0.25) is 0 Å². The third-order valence-electron chi connectivity index (χ3n) is 6.04. The highest BCUT2D eigenvalue weighted by atomic mass is 16.5. The molecule has 0 aromatic heterocycles. The van der Waals surface area contributed by atoms with Crippen LogP contribution in [0.1, 0.15) is 25.3 Å². The Hall–Kier alpha value is -3.48. The number of carbonyl (C=O) groups excluding carboxylic acids is 2. The Morgan fingerprint density at radius 3 is 2.22 bits per heavy atom. The van der Waals surface area contributed by atoms with Crippen LogP contribution in [0.15, 0.2) is 48.2 Å². The van der Waals surface area contributed by atoms with Crippen LogP contribution in [-0.4, -0.2) is 51.1 Å². The third kappa shape index (κ3) is 3.79. The molecule has 2 aromatic carbocycles. The third-order valence-corrected chi connectivity index (χ3v) is 6.04. The molecule has 1 fully saturated rings. The van der Waals surface area contributed by atoms with Crippen LogP contribution in [0.3, 0.4) is 0 Å². The van der Waals surface area contributed by atoms with Crippen molar-refractivity contribution in [3.63, 3.8) is 0 Å². The molecule has 7 nitrogen and oxygen atoms in total. The second-order valence-corrected chi connectivity index (χ2v) is 8.13. The first-order valence-electron chi connectivity index (χ1n) is 10.7. The summed E-state index contributed by atoms with van der Waals surface area (Å²) in [6.45, 7) is 3.67. The minimum atomic E-state index is -0.347. The summed E-state index contributed by atoms with van der Waals surface area (Å²) < 4.78 is 16.0. The van der Waals surface area contributed by atoms with Crippen molar-refractivity contribution in [2.45, 2.75) is 19.8 Å². The number of carbonyl (C=O) groups is 2. The molecule has 0 bridgehead atoms. The van der Waals surface area contributed by atoms with Crippen molar-refractivity contribution >= 4 is 23.1 Å². The van der Waals surface area contributed by atoms with Crippen LogP contribution in [0.5, 0.6) is 17.2 Å². The van der Waals surface area contributed by atoms with Crippen molar-refractivity contribution in [2.75, 3.05) is 39.3 Å². The molecule has 1 atom stereocenters. The molecule has 168 valence electrons. The zero-order chi connectivity index (χ0) is 22.8. The molecule has 0 spiro atoms. The Balaban J connectivity index is 1.80. The number of ether oxygens (including phenoxy) is 3. The van der Waals surface area contributed by atoms with E-state index in [4.69, 9.17) is 14.2 Å². The largest absolute Gasteiger partial charge is 0.497 e. The molecular weight excluding hydrogens is 408 g/mol. The van der Waals surface area contributed by atoms with Crippen molar-refractivity contribution in [1.29, 1.82) is 0 Å². The predicted molar refractivity (Wildman–Crippen MR) is 122 cm³/mol. The first-order valence-corrected chi connectivity index (χ1v) is 10.7. The van der Waals surface area contributed by atoms with Crippen LogP contribution in [-0.2, 0) is 9.59 Å². The van der Waals surface area contributed by atoms with E-state index in [1.807, 2.05) is 12.1 Å². The lowest BCUT2D eigenvalue weighted by Gasteiger charge is -2.33. The molecule has 0 radical (unpaired) electrons. The second kappa shape index (κ2) is 8.94. The first kappa shape index (κ1) is 21.7. The van der Waals surface area contributed by atoms with Crippen molar-refractivity contribution in [3.8, 4) is 17.2 Å². The lowest BCUT2D eigenvalue weighted by atomic mass is 9.98. The maximum atomic E-state index is 13.7. The summed E-state index contributed by atoms with van der Waals surface area (Å²) in [4.78, 5) is 30.7. The molecular formula is C25H28N2O5. The van der Waals surface area contributed by atoms with E-state index in [2.05, 4.69) is 11.8 Å². The number of imide groups is 1. The number of methoxy groups -OCH3 is 3. The fourth-order valence-electron chi connectivity index (χ4n) is 4.42. The average molecular weight is 437 g/mol. The number of piperidine rings is 1. The topological polar surface area (TPSA) is 68.3 Å². The summed E-state index contributed by atoms with van der Waals surface area (Å²) in [5.74, 6) is 1.46. The van der Waals surface area contributed by atoms with Gasteiger partial charge in [-0.15, -0.1) is 0 Å². The van der Waals surface area contributed by atoms with E-state index >= 15 is 0 Å². The molecule has 32 heavy (non-hydrogen) atoms. The van der Waals surface area contributed by atoms with Crippen molar-refractivity contribution in [2.24, 2.45) is 5.92 Å². The van der Waals surface area contributed by atoms with Gasteiger partial charge in [0.1, 0.15) is 11.4 Å². The number of hydrogen-bond acceptors (Lipinski definition) is 6. The maximum Gasteiger partial charge on any atom is 0.282 e. The number of amides is 2. The minimum absolute atomic E-state index is 0.317. The lowest BCUT2D eigenvalue weighted by molar-refractivity contribution is -0.120. The Bertz CT molecular complexity index is 1060. The fraction of sp³-hybridized carbons (Fsp3) is 0.360. The smallest absolute Gasteiger partial charge is 0.282 e. The Morgan fingerprint density at radius 2 is 1.59 bits per heavy atom. The van der Waals surface area contributed by atoms with Crippen LogP contribution < -0.4 is 19.1 Å². The zero-order valence-electron chi connectivity index (χ0n) is 18.9. The predicted octanol–water partition coefficient (Wildman–Crippen LogP) is 3.73. The molecule has 0 aliphatic carbocycles. The highest BCUT2D eigenvalue weighted by Crippen LogP contribution is 2.39. The van der Waals surface area contributed by atoms with E-state index in [0.29, 0.717) is 45.7 Å². The fourth-order valence-corrected chi connectivity index (χ4v) is 4.42. The van der Waals surface area contributed by atoms with Gasteiger partial charge in [-0.25, -0.2) is 4.90 Å². The normalized spacial score (nSPS) is 18.9. The van der Waals surface area contributed by atoms with Gasteiger partial charge in [0, 0.05) is 19.2 Å². The molecule has 2 amide bonds. The highest BCUT2D eigenvalue weighted by Gasteiger charge is 2.43. The zero-order valence-corrected chi connectivity index (χ0v) is 18.9. The Kier molecular flexibility index (Phi) is 6.08. The summed E-state index contributed by atoms with van der Waals surface area (Å²) >= 11 is 0. The van der Waals surface area contributed by atoms with Crippen LogP contribution in [0.25, 0.3) is 5.57 Å². The molecule has 0 saturated carbocycles. The first-order chi connectivity index (χ1) is 15.5. The summed E-state index contributed by atoms with van der Waals surface area (Å²) in [6, 6.07) is 12.3. The maximum absolute atomic E-state index is 13.7. The van der Waals surface area contributed by atoms with Gasteiger partial charge in [0.05, 0.1) is 32.6 Å². The summed E-state index contributed by atoms with van der Waals surface area (Å²) in [6.07, 6.45) is 2.10. The molecule has 2 aliphatic heterocycles. The summed E-state index contributed by atoms with van der Waals surface area (Å²) in [5, 5.41) is 0. The number of hydrogen-bond donors (Lipinski definition) is 0. The lowest BCUT2D eigenvalue weighted by Crippen LogP contribution is -2.39.